The quantitative estimate of drug-likeness (QED) is 0.545. The topological polar surface area (TPSA) is 78.4 Å². The molecular weight excluding hydrogens is 406 g/mol. The Hall–Kier alpha value is -3.86. The number of hydrogen-bond acceptors (Lipinski definition) is 7. The van der Waals surface area contributed by atoms with E-state index in [0.29, 0.717) is 24.7 Å². The average Bonchev–Trinajstić information content (AvgIpc) is 3.32. The van der Waals surface area contributed by atoms with Crippen molar-refractivity contribution in [2.24, 2.45) is 4.99 Å². The first kappa shape index (κ1) is 21.4. The third-order valence-corrected chi connectivity index (χ3v) is 5.59. The molecule has 0 spiro atoms. The molecule has 1 amide bonds. The summed E-state index contributed by atoms with van der Waals surface area (Å²) in [5.41, 5.74) is 2.71. The Morgan fingerprint density at radius 2 is 2.09 bits per heavy atom. The lowest BCUT2D eigenvalue weighted by molar-refractivity contribution is -0.127. The zero-order chi connectivity index (χ0) is 22.5. The second-order valence-corrected chi connectivity index (χ2v) is 7.66. The van der Waals surface area contributed by atoms with Crippen molar-refractivity contribution in [3.63, 3.8) is 0 Å². The van der Waals surface area contributed by atoms with Gasteiger partial charge < -0.3 is 25.0 Å². The van der Waals surface area contributed by atoms with Gasteiger partial charge in [-0.2, -0.15) is 0 Å². The lowest BCUT2D eigenvalue weighted by Crippen LogP contribution is -2.51. The predicted molar refractivity (Wildman–Crippen MR) is 123 cm³/mol. The fourth-order valence-corrected chi connectivity index (χ4v) is 3.92. The zero-order valence-corrected chi connectivity index (χ0v) is 18.4. The Morgan fingerprint density at radius 1 is 1.31 bits per heavy atom. The van der Waals surface area contributed by atoms with E-state index < -0.39 is 0 Å². The van der Waals surface area contributed by atoms with Gasteiger partial charge in [0, 0.05) is 43.0 Å². The minimum Gasteiger partial charge on any atom is -0.497 e. The molecule has 3 aliphatic rings. The van der Waals surface area contributed by atoms with E-state index in [9.17, 15) is 4.79 Å². The summed E-state index contributed by atoms with van der Waals surface area (Å²) in [5, 5.41) is 6.97. The first-order valence-electron chi connectivity index (χ1n) is 10.5. The number of nitrogens with one attached hydrogen (secondary N) is 2. The molecule has 0 saturated carbocycles. The Kier molecular flexibility index (Phi) is 6.36. The number of allylic oxidation sites excluding steroid dienone is 1. The molecule has 0 aliphatic carbocycles. The van der Waals surface area contributed by atoms with E-state index in [1.54, 1.807) is 14.2 Å². The summed E-state index contributed by atoms with van der Waals surface area (Å²) in [5.74, 6) is 5.43. The van der Waals surface area contributed by atoms with Crippen molar-refractivity contribution in [1.82, 2.24) is 20.4 Å². The standard InChI is InChI=1S/C24H27N5O3/c1-4-23(30)28-8-5-6-18(15-28)27-24-21-13-25-14-22(21)26-16-29(24)9-7-17-10-19(31-2)12-20(11-17)32-3/h4,10-14,18,26-27H,1,5-6,8,15-16H2,2-3H3. The number of amides is 1. The number of rotatable bonds is 5. The summed E-state index contributed by atoms with van der Waals surface area (Å²) < 4.78 is 10.7. The zero-order valence-electron chi connectivity index (χ0n) is 18.4. The fraction of sp³-hybridized carbons (Fsp3) is 0.333. The van der Waals surface area contributed by atoms with Crippen molar-refractivity contribution in [1.29, 1.82) is 0 Å². The van der Waals surface area contributed by atoms with E-state index in [-0.39, 0.29) is 11.9 Å². The van der Waals surface area contributed by atoms with Gasteiger partial charge in [0.25, 0.3) is 0 Å². The van der Waals surface area contributed by atoms with Crippen molar-refractivity contribution in [3.05, 3.63) is 59.7 Å². The smallest absolute Gasteiger partial charge is 0.246 e. The summed E-state index contributed by atoms with van der Waals surface area (Å²) >= 11 is 0. The molecule has 1 unspecified atom stereocenters. The Morgan fingerprint density at radius 3 is 2.81 bits per heavy atom. The molecule has 1 fully saturated rings. The summed E-state index contributed by atoms with van der Waals surface area (Å²) in [6.07, 6.45) is 6.91. The molecule has 8 heteroatoms. The van der Waals surface area contributed by atoms with Gasteiger partial charge in [-0.1, -0.05) is 6.58 Å². The van der Waals surface area contributed by atoms with Crippen LogP contribution in [0.25, 0.3) is 0 Å². The fourth-order valence-electron chi connectivity index (χ4n) is 3.92. The first-order valence-corrected chi connectivity index (χ1v) is 10.5. The summed E-state index contributed by atoms with van der Waals surface area (Å²) in [4.78, 5) is 20.1. The molecule has 0 radical (unpaired) electrons. The molecule has 8 nitrogen and oxygen atoms in total. The van der Waals surface area contributed by atoms with Crippen molar-refractivity contribution in [2.75, 3.05) is 34.0 Å². The number of nitrogens with zero attached hydrogens (tertiary/aromatic N) is 3. The number of fused-ring (bicyclic) bond motifs is 1. The van der Waals surface area contributed by atoms with Gasteiger partial charge in [-0.05, 0) is 37.0 Å². The molecule has 32 heavy (non-hydrogen) atoms. The first-order chi connectivity index (χ1) is 15.6. The van der Waals surface area contributed by atoms with E-state index in [0.717, 1.165) is 42.0 Å². The Bertz CT molecular complexity index is 1040. The highest BCUT2D eigenvalue weighted by Gasteiger charge is 2.28. The number of likely N-dealkylation sites (tertiary alicyclic amines) is 1. The number of piperidine rings is 1. The highest BCUT2D eigenvalue weighted by molar-refractivity contribution is 5.89. The lowest BCUT2D eigenvalue weighted by atomic mass is 10.0. The molecule has 3 aliphatic heterocycles. The maximum Gasteiger partial charge on any atom is 0.246 e. The number of hydrogen-bond donors (Lipinski definition) is 2. The molecule has 0 bridgehead atoms. The van der Waals surface area contributed by atoms with Crippen LogP contribution in [0.1, 0.15) is 18.4 Å². The van der Waals surface area contributed by atoms with E-state index >= 15 is 0 Å². The van der Waals surface area contributed by atoms with Crippen LogP contribution in [-0.4, -0.2) is 61.9 Å². The summed E-state index contributed by atoms with van der Waals surface area (Å²) in [6, 6.07) is 8.91. The van der Waals surface area contributed by atoms with Crippen LogP contribution in [0.15, 0.2) is 59.1 Å². The highest BCUT2D eigenvalue weighted by Crippen LogP contribution is 2.24. The number of ether oxygens (including phenoxy) is 2. The number of carbonyl (C=O) groups is 1. The van der Waals surface area contributed by atoms with Crippen molar-refractivity contribution >= 4 is 12.1 Å². The van der Waals surface area contributed by atoms with Gasteiger partial charge in [0.1, 0.15) is 24.0 Å². The predicted octanol–water partition coefficient (Wildman–Crippen LogP) is 1.78. The van der Waals surface area contributed by atoms with Crippen LogP contribution in [0.2, 0.25) is 0 Å². The molecule has 166 valence electrons. The number of aliphatic imine (C=N–C) groups is 1. The van der Waals surface area contributed by atoms with E-state index in [4.69, 9.17) is 9.47 Å². The third kappa shape index (κ3) is 4.57. The molecule has 0 aromatic heterocycles. The van der Waals surface area contributed by atoms with Crippen LogP contribution in [0.4, 0.5) is 0 Å². The normalized spacial score (nSPS) is 19.3. The Balaban J connectivity index is 1.59. The molecule has 1 atom stereocenters. The van der Waals surface area contributed by atoms with Crippen LogP contribution in [-0.2, 0) is 4.79 Å². The van der Waals surface area contributed by atoms with Gasteiger partial charge in [0.05, 0.1) is 31.7 Å². The third-order valence-electron chi connectivity index (χ3n) is 5.59. The minimum absolute atomic E-state index is 0.0360. The molecular formula is C24H27N5O3. The van der Waals surface area contributed by atoms with Gasteiger partial charge in [-0.25, -0.2) is 0 Å². The van der Waals surface area contributed by atoms with Crippen molar-refractivity contribution in [3.8, 4) is 23.5 Å². The van der Waals surface area contributed by atoms with Gasteiger partial charge in [0.2, 0.25) is 5.91 Å². The largest absolute Gasteiger partial charge is 0.497 e. The van der Waals surface area contributed by atoms with E-state index in [1.165, 1.54) is 6.08 Å². The summed E-state index contributed by atoms with van der Waals surface area (Å²) in [6.45, 7) is 5.50. The van der Waals surface area contributed by atoms with Crippen molar-refractivity contribution < 1.29 is 14.3 Å². The second-order valence-electron chi connectivity index (χ2n) is 7.66. The maximum absolute atomic E-state index is 12.1. The number of benzene rings is 1. The van der Waals surface area contributed by atoms with Crippen LogP contribution >= 0.6 is 0 Å². The van der Waals surface area contributed by atoms with Crippen LogP contribution in [0.5, 0.6) is 11.5 Å². The molecule has 1 saturated heterocycles. The molecule has 2 N–H and O–H groups in total. The van der Waals surface area contributed by atoms with Gasteiger partial charge >= 0.3 is 0 Å². The Labute approximate surface area is 188 Å². The number of carbonyl (C=O) groups excluding carboxylic acids is 1. The monoisotopic (exact) mass is 433 g/mol. The average molecular weight is 434 g/mol. The van der Waals surface area contributed by atoms with E-state index in [1.807, 2.05) is 40.4 Å². The second kappa shape index (κ2) is 9.52. The van der Waals surface area contributed by atoms with Gasteiger partial charge in [-0.15, -0.1) is 0 Å². The van der Waals surface area contributed by atoms with Crippen LogP contribution < -0.4 is 20.1 Å². The summed E-state index contributed by atoms with van der Waals surface area (Å²) in [7, 11) is 3.23. The molecule has 3 heterocycles. The minimum atomic E-state index is -0.0360. The number of methoxy groups -OCH3 is 2. The van der Waals surface area contributed by atoms with Gasteiger partial charge in [-0.3, -0.25) is 14.7 Å². The highest BCUT2D eigenvalue weighted by atomic mass is 16.5. The van der Waals surface area contributed by atoms with E-state index in [2.05, 4.69) is 34.2 Å². The van der Waals surface area contributed by atoms with Crippen LogP contribution in [0.3, 0.4) is 0 Å². The van der Waals surface area contributed by atoms with Crippen LogP contribution in [0, 0.1) is 12.0 Å². The molecule has 4 rings (SSSR count). The lowest BCUT2D eigenvalue weighted by Gasteiger charge is -2.37. The molecule has 1 aromatic carbocycles. The molecule has 1 aromatic rings. The van der Waals surface area contributed by atoms with Gasteiger partial charge in [0.15, 0.2) is 0 Å². The van der Waals surface area contributed by atoms with Crippen molar-refractivity contribution in [2.45, 2.75) is 18.9 Å². The SMILES string of the molecule is C=CC(=O)N1CCCC(NC2=C3C=NC=C3NCN2C#Cc2cc(OC)cc(OC)c2)C1. The maximum atomic E-state index is 12.1.